The van der Waals surface area contributed by atoms with E-state index in [-0.39, 0.29) is 41.5 Å². The number of hydrogen-bond acceptors (Lipinski definition) is 5. The second kappa shape index (κ2) is 10.2. The number of guanidine groups is 1. The molecule has 0 radical (unpaired) electrons. The smallest absolute Gasteiger partial charge is 0.191 e. The third-order valence-corrected chi connectivity index (χ3v) is 7.55. The van der Waals surface area contributed by atoms with Crippen LogP contribution in [0.1, 0.15) is 24.1 Å². The molecule has 9 heteroatoms. The minimum absolute atomic E-state index is 0. The number of hydrogen-bond donors (Lipinski definition) is 2. The molecule has 0 saturated carbocycles. The molecule has 1 aromatic heterocycles. The van der Waals surface area contributed by atoms with Crippen LogP contribution in [0.4, 0.5) is 0 Å². The molecule has 0 aromatic carbocycles. The van der Waals surface area contributed by atoms with Crippen LogP contribution in [0.3, 0.4) is 0 Å². The summed E-state index contributed by atoms with van der Waals surface area (Å²) in [6, 6.07) is 4.30. The highest BCUT2D eigenvalue weighted by Crippen LogP contribution is 2.20. The van der Waals surface area contributed by atoms with Crippen LogP contribution in [-0.4, -0.2) is 63.5 Å². The van der Waals surface area contributed by atoms with Gasteiger partial charge in [0, 0.05) is 37.6 Å². The zero-order chi connectivity index (χ0) is 17.7. The lowest BCUT2D eigenvalue weighted by molar-refractivity contribution is 0.169. The molecule has 0 spiro atoms. The molecule has 0 bridgehead atoms. The van der Waals surface area contributed by atoms with Crippen molar-refractivity contribution in [3.05, 3.63) is 22.4 Å². The number of nitrogens with zero attached hydrogens (tertiary/aromatic N) is 2. The first-order chi connectivity index (χ1) is 12.0. The molecule has 2 N–H and O–H groups in total. The van der Waals surface area contributed by atoms with Gasteiger partial charge < -0.3 is 10.6 Å². The molecule has 6 nitrogen and oxygen atoms in total. The second-order valence-electron chi connectivity index (χ2n) is 7.02. The molecule has 26 heavy (non-hydrogen) atoms. The number of piperidine rings is 1. The minimum atomic E-state index is -2.87. The Labute approximate surface area is 177 Å². The van der Waals surface area contributed by atoms with Gasteiger partial charge in [-0.25, -0.2) is 8.42 Å². The Morgan fingerprint density at radius 2 is 2.27 bits per heavy atom. The van der Waals surface area contributed by atoms with Gasteiger partial charge in [0.2, 0.25) is 0 Å². The molecule has 3 rings (SSSR count). The number of rotatable bonds is 5. The van der Waals surface area contributed by atoms with Crippen molar-refractivity contribution in [3.8, 4) is 0 Å². The van der Waals surface area contributed by atoms with Crippen LogP contribution in [0.5, 0.6) is 0 Å². The van der Waals surface area contributed by atoms with E-state index < -0.39 is 9.84 Å². The average Bonchev–Trinajstić information content (AvgIpc) is 3.21. The number of halogens is 1. The summed E-state index contributed by atoms with van der Waals surface area (Å²) in [5, 5.41) is 8.79. The van der Waals surface area contributed by atoms with Gasteiger partial charge in [-0.05, 0) is 43.2 Å². The normalized spacial score (nSPS) is 26.3. The fourth-order valence-electron chi connectivity index (χ4n) is 3.62. The Kier molecular flexibility index (Phi) is 8.62. The zero-order valence-corrected chi connectivity index (χ0v) is 19.1. The van der Waals surface area contributed by atoms with Crippen LogP contribution in [0.2, 0.25) is 0 Å². The molecular formula is C17H29IN4O2S2. The Bertz CT molecular complexity index is 679. The van der Waals surface area contributed by atoms with E-state index in [1.165, 1.54) is 24.3 Å². The predicted octanol–water partition coefficient (Wildman–Crippen LogP) is 1.93. The quantitative estimate of drug-likeness (QED) is 0.359. The number of thiophene rings is 1. The number of sulfone groups is 1. The number of aliphatic imine (C=N–C) groups is 1. The monoisotopic (exact) mass is 512 g/mol. The number of likely N-dealkylation sites (tertiary alicyclic amines) is 1. The standard InChI is InChI=1S/C17H28N4O2S2.HI/c1-18-17(20-15-6-9-25(22,23)13-15)19-10-14-4-2-7-21(11-14)12-16-5-3-8-24-16;/h3,5,8,14-15H,2,4,6-7,9-13H2,1H3,(H2,18,19,20);1H. The molecule has 2 aliphatic heterocycles. The Morgan fingerprint density at radius 1 is 1.42 bits per heavy atom. The highest BCUT2D eigenvalue weighted by molar-refractivity contribution is 14.0. The van der Waals surface area contributed by atoms with Crippen molar-refractivity contribution in [1.82, 2.24) is 15.5 Å². The molecule has 2 fully saturated rings. The van der Waals surface area contributed by atoms with Gasteiger partial charge in [-0.15, -0.1) is 35.3 Å². The van der Waals surface area contributed by atoms with Crippen molar-refractivity contribution in [2.24, 2.45) is 10.9 Å². The SMILES string of the molecule is CN=C(NCC1CCCN(Cc2cccs2)C1)NC1CCS(=O)(=O)C1.I. The highest BCUT2D eigenvalue weighted by Gasteiger charge is 2.28. The van der Waals surface area contributed by atoms with E-state index >= 15 is 0 Å². The second-order valence-corrected chi connectivity index (χ2v) is 10.3. The zero-order valence-electron chi connectivity index (χ0n) is 15.2. The van der Waals surface area contributed by atoms with Crippen molar-refractivity contribution in [3.63, 3.8) is 0 Å². The third kappa shape index (κ3) is 6.65. The molecule has 2 atom stereocenters. The fraction of sp³-hybridized carbons (Fsp3) is 0.706. The van der Waals surface area contributed by atoms with Gasteiger partial charge in [0.05, 0.1) is 11.5 Å². The van der Waals surface area contributed by atoms with Crippen molar-refractivity contribution in [2.45, 2.75) is 31.8 Å². The summed E-state index contributed by atoms with van der Waals surface area (Å²) in [5.41, 5.74) is 0. The van der Waals surface area contributed by atoms with E-state index in [2.05, 4.69) is 38.0 Å². The van der Waals surface area contributed by atoms with Crippen LogP contribution >= 0.6 is 35.3 Å². The molecule has 2 saturated heterocycles. The van der Waals surface area contributed by atoms with E-state index in [1.54, 1.807) is 7.05 Å². The molecule has 3 heterocycles. The number of nitrogens with one attached hydrogen (secondary N) is 2. The van der Waals surface area contributed by atoms with Gasteiger partial charge in [0.1, 0.15) is 0 Å². The summed E-state index contributed by atoms with van der Waals surface area (Å²) >= 11 is 1.82. The van der Waals surface area contributed by atoms with Gasteiger partial charge in [-0.3, -0.25) is 9.89 Å². The molecule has 0 amide bonds. The molecular weight excluding hydrogens is 483 g/mol. The topological polar surface area (TPSA) is 73.8 Å². The first kappa shape index (κ1) is 21.9. The first-order valence-corrected chi connectivity index (χ1v) is 11.7. The van der Waals surface area contributed by atoms with Gasteiger partial charge in [0.15, 0.2) is 15.8 Å². The molecule has 148 valence electrons. The Morgan fingerprint density at radius 3 is 2.92 bits per heavy atom. The molecule has 0 aliphatic carbocycles. The maximum absolute atomic E-state index is 11.6. The van der Waals surface area contributed by atoms with Crippen LogP contribution in [-0.2, 0) is 16.4 Å². The van der Waals surface area contributed by atoms with Crippen molar-refractivity contribution in [2.75, 3.05) is 38.2 Å². The van der Waals surface area contributed by atoms with Gasteiger partial charge in [0.25, 0.3) is 0 Å². The summed E-state index contributed by atoms with van der Waals surface area (Å²) in [5.74, 6) is 1.81. The Balaban J connectivity index is 0.00000243. The first-order valence-electron chi connectivity index (χ1n) is 8.96. The molecule has 1 aromatic rings. The maximum atomic E-state index is 11.6. The predicted molar refractivity (Wildman–Crippen MR) is 119 cm³/mol. The molecule has 2 unspecified atom stereocenters. The van der Waals surface area contributed by atoms with Crippen LogP contribution in [0, 0.1) is 5.92 Å². The van der Waals surface area contributed by atoms with Crippen LogP contribution < -0.4 is 10.6 Å². The summed E-state index contributed by atoms with van der Waals surface area (Å²) in [7, 11) is -1.13. The lowest BCUT2D eigenvalue weighted by Crippen LogP contribution is -2.47. The lowest BCUT2D eigenvalue weighted by atomic mass is 9.98. The van der Waals surface area contributed by atoms with E-state index in [0.717, 1.165) is 25.6 Å². The fourth-order valence-corrected chi connectivity index (χ4v) is 6.04. The lowest BCUT2D eigenvalue weighted by Gasteiger charge is -2.33. The van der Waals surface area contributed by atoms with E-state index in [9.17, 15) is 8.42 Å². The van der Waals surface area contributed by atoms with Crippen molar-refractivity contribution in [1.29, 1.82) is 0 Å². The van der Waals surface area contributed by atoms with Crippen molar-refractivity contribution >= 4 is 51.1 Å². The maximum Gasteiger partial charge on any atom is 0.191 e. The third-order valence-electron chi connectivity index (χ3n) is 4.92. The molecule has 2 aliphatic rings. The minimum Gasteiger partial charge on any atom is -0.356 e. The summed E-state index contributed by atoms with van der Waals surface area (Å²) in [4.78, 5) is 8.20. The van der Waals surface area contributed by atoms with Crippen LogP contribution in [0.15, 0.2) is 22.5 Å². The van der Waals surface area contributed by atoms with E-state index in [4.69, 9.17) is 0 Å². The van der Waals surface area contributed by atoms with E-state index in [1.807, 2.05) is 11.3 Å². The average molecular weight is 512 g/mol. The largest absolute Gasteiger partial charge is 0.356 e. The summed E-state index contributed by atoms with van der Waals surface area (Å²) in [6.45, 7) is 4.18. The van der Waals surface area contributed by atoms with Gasteiger partial charge in [-0.1, -0.05) is 6.07 Å². The Hall–Kier alpha value is -0.390. The summed E-state index contributed by atoms with van der Waals surface area (Å²) < 4.78 is 23.2. The van der Waals surface area contributed by atoms with Gasteiger partial charge in [-0.2, -0.15) is 0 Å². The van der Waals surface area contributed by atoms with Gasteiger partial charge >= 0.3 is 0 Å². The van der Waals surface area contributed by atoms with Crippen molar-refractivity contribution < 1.29 is 8.42 Å². The van der Waals surface area contributed by atoms with E-state index in [0.29, 0.717) is 12.3 Å². The summed E-state index contributed by atoms with van der Waals surface area (Å²) in [6.07, 6.45) is 3.12. The van der Waals surface area contributed by atoms with Crippen LogP contribution in [0.25, 0.3) is 0 Å². The highest BCUT2D eigenvalue weighted by atomic mass is 127.